The van der Waals surface area contributed by atoms with Crippen LogP contribution in [0.15, 0.2) is 24.3 Å². The Morgan fingerprint density at radius 3 is 2.68 bits per heavy atom. The maximum atomic E-state index is 11.0. The largest absolute Gasteiger partial charge is 0.487 e. The van der Waals surface area contributed by atoms with Gasteiger partial charge in [-0.05, 0) is 31.2 Å². The van der Waals surface area contributed by atoms with Crippen molar-refractivity contribution in [2.75, 3.05) is 0 Å². The molecule has 2 rings (SSSR count). The second kappa shape index (κ2) is 5.71. The summed E-state index contributed by atoms with van der Waals surface area (Å²) in [4.78, 5) is 11.0. The Kier molecular flexibility index (Phi) is 4.01. The van der Waals surface area contributed by atoms with E-state index in [1.807, 2.05) is 6.92 Å². The molecule has 0 bridgehead atoms. The third-order valence-corrected chi connectivity index (χ3v) is 2.78. The summed E-state index contributed by atoms with van der Waals surface area (Å²) in [5.74, 6) is -0.515. The smallest absolute Gasteiger partial charge is 0.358 e. The number of ether oxygens (including phenoxy) is 1. The van der Waals surface area contributed by atoms with E-state index in [1.165, 1.54) is 4.68 Å². The van der Waals surface area contributed by atoms with Gasteiger partial charge in [0.05, 0.1) is 0 Å². The van der Waals surface area contributed by atoms with Crippen molar-refractivity contribution in [3.63, 3.8) is 0 Å². The molecule has 1 heterocycles. The zero-order valence-electron chi connectivity index (χ0n) is 10.2. The van der Waals surface area contributed by atoms with Gasteiger partial charge in [0, 0.05) is 11.6 Å². The van der Waals surface area contributed by atoms with Gasteiger partial charge in [0.2, 0.25) is 0 Å². The Labute approximate surface area is 114 Å². The molecule has 0 aliphatic heterocycles. The van der Waals surface area contributed by atoms with E-state index in [9.17, 15) is 4.79 Å². The van der Waals surface area contributed by atoms with E-state index in [4.69, 9.17) is 21.4 Å². The third-order valence-electron chi connectivity index (χ3n) is 2.53. The molecule has 0 unspecified atom stereocenters. The van der Waals surface area contributed by atoms with Crippen LogP contribution in [0.4, 0.5) is 0 Å². The molecule has 1 N–H and O–H groups in total. The van der Waals surface area contributed by atoms with Crippen LogP contribution in [-0.2, 0) is 13.2 Å². The first-order valence-electron chi connectivity index (χ1n) is 5.65. The van der Waals surface area contributed by atoms with Crippen molar-refractivity contribution >= 4 is 17.6 Å². The van der Waals surface area contributed by atoms with Crippen molar-refractivity contribution in [3.05, 3.63) is 40.7 Å². The summed E-state index contributed by atoms with van der Waals surface area (Å²) in [5.41, 5.74) is 0.348. The number of benzene rings is 1. The average Bonchev–Trinajstić information content (AvgIpc) is 2.81. The topological polar surface area (TPSA) is 77.2 Å². The maximum absolute atomic E-state index is 11.0. The molecule has 0 aliphatic carbocycles. The summed E-state index contributed by atoms with van der Waals surface area (Å²) in [6, 6.07) is 6.82. The lowest BCUT2D eigenvalue weighted by molar-refractivity contribution is 0.0687. The highest BCUT2D eigenvalue weighted by atomic mass is 35.5. The van der Waals surface area contributed by atoms with Crippen molar-refractivity contribution in [3.8, 4) is 5.75 Å². The fourth-order valence-electron chi connectivity index (χ4n) is 1.58. The molecule has 0 amide bonds. The third kappa shape index (κ3) is 3.03. The summed E-state index contributed by atoms with van der Waals surface area (Å²) in [6.45, 7) is 2.47. The number of carboxylic acids is 1. The molecular weight excluding hydrogens is 270 g/mol. The molecule has 0 saturated heterocycles. The van der Waals surface area contributed by atoms with E-state index in [-0.39, 0.29) is 12.3 Å². The SMILES string of the molecule is CCn1nnc(C(=O)O)c1COc1ccc(Cl)cc1. The second-order valence-electron chi connectivity index (χ2n) is 3.75. The summed E-state index contributed by atoms with van der Waals surface area (Å²) in [7, 11) is 0. The fourth-order valence-corrected chi connectivity index (χ4v) is 1.70. The normalized spacial score (nSPS) is 10.4. The number of hydrogen-bond acceptors (Lipinski definition) is 4. The second-order valence-corrected chi connectivity index (χ2v) is 4.18. The molecule has 7 heteroatoms. The van der Waals surface area contributed by atoms with Crippen LogP contribution in [0.1, 0.15) is 23.1 Å². The van der Waals surface area contributed by atoms with E-state index in [0.29, 0.717) is 23.0 Å². The predicted molar refractivity (Wildman–Crippen MR) is 68.4 cm³/mol. The van der Waals surface area contributed by atoms with Crippen LogP contribution in [0.25, 0.3) is 0 Å². The van der Waals surface area contributed by atoms with E-state index in [2.05, 4.69) is 10.3 Å². The number of carboxylic acid groups (broad SMARTS) is 1. The van der Waals surface area contributed by atoms with E-state index >= 15 is 0 Å². The van der Waals surface area contributed by atoms with E-state index < -0.39 is 5.97 Å². The van der Waals surface area contributed by atoms with Crippen molar-refractivity contribution in [1.82, 2.24) is 15.0 Å². The molecule has 100 valence electrons. The number of aromatic nitrogens is 3. The molecular formula is C12H12ClN3O3. The molecule has 0 spiro atoms. The molecule has 0 saturated carbocycles. The minimum Gasteiger partial charge on any atom is -0.487 e. The monoisotopic (exact) mass is 281 g/mol. The number of carbonyl (C=O) groups is 1. The van der Waals surface area contributed by atoms with Crippen LogP contribution in [-0.4, -0.2) is 26.1 Å². The Hall–Kier alpha value is -2.08. The van der Waals surface area contributed by atoms with Crippen LogP contribution < -0.4 is 4.74 Å². The molecule has 0 aliphatic rings. The van der Waals surface area contributed by atoms with Crippen LogP contribution in [0.5, 0.6) is 5.75 Å². The Balaban J connectivity index is 2.16. The van der Waals surface area contributed by atoms with Gasteiger partial charge in [-0.25, -0.2) is 9.48 Å². The summed E-state index contributed by atoms with van der Waals surface area (Å²) in [5, 5.41) is 17.0. The Morgan fingerprint density at radius 1 is 1.42 bits per heavy atom. The zero-order chi connectivity index (χ0) is 13.8. The lowest BCUT2D eigenvalue weighted by Crippen LogP contribution is -2.10. The van der Waals surface area contributed by atoms with E-state index in [1.54, 1.807) is 24.3 Å². The first-order valence-corrected chi connectivity index (χ1v) is 6.03. The van der Waals surface area contributed by atoms with Gasteiger partial charge in [-0.15, -0.1) is 5.10 Å². The molecule has 0 fully saturated rings. The molecule has 2 aromatic rings. The van der Waals surface area contributed by atoms with Crippen LogP contribution >= 0.6 is 11.6 Å². The quantitative estimate of drug-likeness (QED) is 0.909. The fraction of sp³-hybridized carbons (Fsp3) is 0.250. The summed E-state index contributed by atoms with van der Waals surface area (Å²) >= 11 is 5.77. The van der Waals surface area contributed by atoms with Crippen molar-refractivity contribution in [2.45, 2.75) is 20.1 Å². The van der Waals surface area contributed by atoms with Crippen molar-refractivity contribution in [2.24, 2.45) is 0 Å². The number of halogens is 1. The molecule has 19 heavy (non-hydrogen) atoms. The van der Waals surface area contributed by atoms with Gasteiger partial charge in [0.15, 0.2) is 5.69 Å². The predicted octanol–water partition coefficient (Wildman–Crippen LogP) is 2.23. The summed E-state index contributed by atoms with van der Waals surface area (Å²) in [6.07, 6.45) is 0. The van der Waals surface area contributed by atoms with Gasteiger partial charge in [0.1, 0.15) is 18.1 Å². The number of hydrogen-bond donors (Lipinski definition) is 1. The minimum atomic E-state index is -1.12. The molecule has 1 aromatic carbocycles. The maximum Gasteiger partial charge on any atom is 0.358 e. The van der Waals surface area contributed by atoms with Gasteiger partial charge in [-0.2, -0.15) is 0 Å². The van der Waals surface area contributed by atoms with Gasteiger partial charge in [-0.3, -0.25) is 0 Å². The first-order chi connectivity index (χ1) is 9.11. The number of aromatic carboxylic acids is 1. The average molecular weight is 282 g/mol. The van der Waals surface area contributed by atoms with Gasteiger partial charge in [-0.1, -0.05) is 16.8 Å². The summed E-state index contributed by atoms with van der Waals surface area (Å²) < 4.78 is 7.02. The van der Waals surface area contributed by atoms with E-state index in [0.717, 1.165) is 0 Å². The molecule has 6 nitrogen and oxygen atoms in total. The lowest BCUT2D eigenvalue weighted by atomic mass is 10.3. The van der Waals surface area contributed by atoms with Gasteiger partial charge < -0.3 is 9.84 Å². The first kappa shape index (κ1) is 13.4. The van der Waals surface area contributed by atoms with Crippen LogP contribution in [0, 0.1) is 0 Å². The highest BCUT2D eigenvalue weighted by Crippen LogP contribution is 2.17. The molecule has 0 atom stereocenters. The number of nitrogens with zero attached hydrogens (tertiary/aromatic N) is 3. The number of aryl methyl sites for hydroxylation is 1. The number of rotatable bonds is 5. The molecule has 1 aromatic heterocycles. The lowest BCUT2D eigenvalue weighted by Gasteiger charge is -2.07. The van der Waals surface area contributed by atoms with Crippen LogP contribution in [0.3, 0.4) is 0 Å². The Bertz CT molecular complexity index is 580. The van der Waals surface area contributed by atoms with Crippen molar-refractivity contribution < 1.29 is 14.6 Å². The highest BCUT2D eigenvalue weighted by Gasteiger charge is 2.18. The zero-order valence-corrected chi connectivity index (χ0v) is 11.0. The molecule has 0 radical (unpaired) electrons. The van der Waals surface area contributed by atoms with Gasteiger partial charge >= 0.3 is 5.97 Å². The van der Waals surface area contributed by atoms with Gasteiger partial charge in [0.25, 0.3) is 0 Å². The van der Waals surface area contributed by atoms with Crippen LogP contribution in [0.2, 0.25) is 5.02 Å². The Morgan fingerprint density at radius 2 is 2.11 bits per heavy atom. The standard InChI is InChI=1S/C12H12ClN3O3/c1-2-16-10(11(12(17)18)14-15-16)7-19-9-5-3-8(13)4-6-9/h3-6H,2,7H2,1H3,(H,17,18). The van der Waals surface area contributed by atoms with Crippen molar-refractivity contribution in [1.29, 1.82) is 0 Å². The highest BCUT2D eigenvalue weighted by molar-refractivity contribution is 6.30. The minimum absolute atomic E-state index is 0.0872.